The third-order valence-electron chi connectivity index (χ3n) is 4.55. The van der Waals surface area contributed by atoms with Crippen LogP contribution in [0.15, 0.2) is 12.1 Å². The molecule has 0 bridgehead atoms. The number of hydrogen-bond donors (Lipinski definition) is 1. The lowest BCUT2D eigenvalue weighted by Gasteiger charge is -2.39. The van der Waals surface area contributed by atoms with Gasteiger partial charge in [-0.3, -0.25) is 0 Å². The molecule has 1 saturated carbocycles. The van der Waals surface area contributed by atoms with Gasteiger partial charge < -0.3 is 5.11 Å². The highest BCUT2D eigenvalue weighted by molar-refractivity contribution is 5.26. The summed E-state index contributed by atoms with van der Waals surface area (Å²) in [6.45, 7) is 2.00. The molecule has 0 heterocycles. The first-order valence-corrected chi connectivity index (χ1v) is 7.17. The predicted octanol–water partition coefficient (Wildman–Crippen LogP) is 4.25. The molecule has 1 aliphatic carbocycles. The van der Waals surface area contributed by atoms with Crippen molar-refractivity contribution >= 4 is 0 Å². The number of nitrogens with zero attached hydrogens (tertiary/aromatic N) is 1. The SMILES string of the molecule is CCC1CCCC(C#N)(C(O)c2cc(F)c(F)cc2F)C1. The fraction of sp³-hybridized carbons (Fsp3) is 0.562. The topological polar surface area (TPSA) is 44.0 Å². The number of halogens is 3. The Balaban J connectivity index is 2.39. The summed E-state index contributed by atoms with van der Waals surface area (Å²) in [5.74, 6) is -3.26. The Hall–Kier alpha value is -1.54. The van der Waals surface area contributed by atoms with Gasteiger partial charge >= 0.3 is 0 Å². The van der Waals surface area contributed by atoms with E-state index in [0.29, 0.717) is 25.0 Å². The Labute approximate surface area is 122 Å². The molecule has 3 unspecified atom stereocenters. The number of benzene rings is 1. The normalized spacial score (nSPS) is 27.1. The number of hydrogen-bond acceptors (Lipinski definition) is 2. The van der Waals surface area contributed by atoms with Gasteiger partial charge in [0.1, 0.15) is 11.9 Å². The molecular formula is C16H18F3NO. The van der Waals surface area contributed by atoms with Crippen LogP contribution in [0.4, 0.5) is 13.2 Å². The summed E-state index contributed by atoms with van der Waals surface area (Å²) in [5, 5.41) is 20.0. The molecule has 1 aromatic rings. The van der Waals surface area contributed by atoms with E-state index in [-0.39, 0.29) is 11.5 Å². The Morgan fingerprint density at radius 2 is 2.00 bits per heavy atom. The number of aliphatic hydroxyl groups excluding tert-OH is 1. The second-order valence-corrected chi connectivity index (χ2v) is 5.83. The molecule has 0 aromatic heterocycles. The van der Waals surface area contributed by atoms with Crippen LogP contribution in [0.5, 0.6) is 0 Å². The fourth-order valence-corrected chi connectivity index (χ4v) is 3.23. The molecule has 2 rings (SSSR count). The molecule has 0 radical (unpaired) electrons. The maximum Gasteiger partial charge on any atom is 0.161 e. The lowest BCUT2D eigenvalue weighted by molar-refractivity contribution is 0.0159. The average Bonchev–Trinajstić information content (AvgIpc) is 2.50. The summed E-state index contributed by atoms with van der Waals surface area (Å²) in [6.07, 6.45) is 2.02. The van der Waals surface area contributed by atoms with Crippen molar-refractivity contribution in [2.75, 3.05) is 0 Å². The average molecular weight is 297 g/mol. The highest BCUT2D eigenvalue weighted by Crippen LogP contribution is 2.48. The monoisotopic (exact) mass is 297 g/mol. The second-order valence-electron chi connectivity index (χ2n) is 5.83. The van der Waals surface area contributed by atoms with Gasteiger partial charge in [-0.1, -0.05) is 26.2 Å². The van der Waals surface area contributed by atoms with E-state index in [1.54, 1.807) is 0 Å². The van der Waals surface area contributed by atoms with Gasteiger partial charge in [0.05, 0.1) is 11.5 Å². The highest BCUT2D eigenvalue weighted by Gasteiger charge is 2.44. The Kier molecular flexibility index (Phi) is 4.58. The molecule has 1 aliphatic rings. The van der Waals surface area contributed by atoms with E-state index in [9.17, 15) is 23.5 Å². The number of aliphatic hydroxyl groups is 1. The summed E-state index contributed by atoms with van der Waals surface area (Å²) in [5.41, 5.74) is -1.48. The molecule has 0 aliphatic heterocycles. The molecule has 21 heavy (non-hydrogen) atoms. The van der Waals surface area contributed by atoms with Gasteiger partial charge in [0, 0.05) is 11.6 Å². The van der Waals surface area contributed by atoms with Crippen molar-refractivity contribution in [1.29, 1.82) is 5.26 Å². The Morgan fingerprint density at radius 3 is 2.62 bits per heavy atom. The lowest BCUT2D eigenvalue weighted by atomic mass is 9.65. The summed E-state index contributed by atoms with van der Waals surface area (Å²) >= 11 is 0. The van der Waals surface area contributed by atoms with Crippen molar-refractivity contribution in [2.24, 2.45) is 11.3 Å². The first kappa shape index (κ1) is 15.8. The minimum absolute atomic E-state index is 0.279. The zero-order chi connectivity index (χ0) is 15.6. The quantitative estimate of drug-likeness (QED) is 0.848. The molecule has 1 N–H and O–H groups in total. The van der Waals surface area contributed by atoms with E-state index in [4.69, 9.17) is 0 Å². The Bertz CT molecular complexity index is 569. The summed E-state index contributed by atoms with van der Waals surface area (Å²) in [6, 6.07) is 3.18. The number of rotatable bonds is 3. The molecule has 1 fully saturated rings. The highest BCUT2D eigenvalue weighted by atomic mass is 19.2. The number of nitriles is 1. The van der Waals surface area contributed by atoms with E-state index >= 15 is 0 Å². The van der Waals surface area contributed by atoms with Crippen LogP contribution in [-0.2, 0) is 0 Å². The molecule has 114 valence electrons. The third-order valence-corrected chi connectivity index (χ3v) is 4.55. The van der Waals surface area contributed by atoms with Crippen LogP contribution in [0.2, 0.25) is 0 Å². The smallest absolute Gasteiger partial charge is 0.161 e. The van der Waals surface area contributed by atoms with Gasteiger partial charge in [0.2, 0.25) is 0 Å². The van der Waals surface area contributed by atoms with Gasteiger partial charge in [-0.2, -0.15) is 5.26 Å². The van der Waals surface area contributed by atoms with Crippen molar-refractivity contribution in [1.82, 2.24) is 0 Å². The molecule has 1 aromatic carbocycles. The lowest BCUT2D eigenvalue weighted by Crippen LogP contribution is -2.34. The minimum Gasteiger partial charge on any atom is -0.387 e. The predicted molar refractivity (Wildman–Crippen MR) is 71.6 cm³/mol. The minimum atomic E-state index is -1.45. The van der Waals surface area contributed by atoms with E-state index in [0.717, 1.165) is 19.3 Å². The summed E-state index contributed by atoms with van der Waals surface area (Å²) < 4.78 is 40.2. The fourth-order valence-electron chi connectivity index (χ4n) is 3.23. The zero-order valence-corrected chi connectivity index (χ0v) is 11.9. The van der Waals surface area contributed by atoms with Crippen LogP contribution in [-0.4, -0.2) is 5.11 Å². The third kappa shape index (κ3) is 2.91. The maximum atomic E-state index is 13.8. The molecule has 3 atom stereocenters. The van der Waals surface area contributed by atoms with Crippen LogP contribution < -0.4 is 0 Å². The zero-order valence-electron chi connectivity index (χ0n) is 11.9. The first-order valence-electron chi connectivity index (χ1n) is 7.17. The molecule has 2 nitrogen and oxygen atoms in total. The van der Waals surface area contributed by atoms with Gasteiger partial charge in [0.15, 0.2) is 11.6 Å². The van der Waals surface area contributed by atoms with Gasteiger partial charge in [0.25, 0.3) is 0 Å². The van der Waals surface area contributed by atoms with Crippen molar-refractivity contribution in [2.45, 2.75) is 45.1 Å². The summed E-state index contributed by atoms with van der Waals surface area (Å²) in [7, 11) is 0. The molecule has 0 spiro atoms. The first-order chi connectivity index (χ1) is 9.93. The molecule has 5 heteroatoms. The van der Waals surface area contributed by atoms with Crippen LogP contribution >= 0.6 is 0 Å². The maximum absolute atomic E-state index is 13.8. The second kappa shape index (κ2) is 6.07. The Morgan fingerprint density at radius 1 is 1.33 bits per heavy atom. The summed E-state index contributed by atoms with van der Waals surface area (Å²) in [4.78, 5) is 0. The van der Waals surface area contributed by atoms with Crippen LogP contribution in [0.1, 0.15) is 50.7 Å². The molecule has 0 saturated heterocycles. The van der Waals surface area contributed by atoms with Crippen LogP contribution in [0.25, 0.3) is 0 Å². The molecule has 0 amide bonds. The van der Waals surface area contributed by atoms with Crippen molar-refractivity contribution in [3.63, 3.8) is 0 Å². The van der Waals surface area contributed by atoms with Gasteiger partial charge in [-0.15, -0.1) is 0 Å². The largest absolute Gasteiger partial charge is 0.387 e. The molecular weight excluding hydrogens is 279 g/mol. The standard InChI is InChI=1S/C16H18F3NO/c1-2-10-4-3-5-16(8-10,9-20)15(21)11-6-13(18)14(19)7-12(11)17/h6-7,10,15,21H,2-5,8H2,1H3. The van der Waals surface area contributed by atoms with Gasteiger partial charge in [-0.25, -0.2) is 13.2 Å². The van der Waals surface area contributed by atoms with Crippen molar-refractivity contribution < 1.29 is 18.3 Å². The van der Waals surface area contributed by atoms with E-state index < -0.39 is 29.0 Å². The van der Waals surface area contributed by atoms with E-state index in [1.807, 2.05) is 6.92 Å². The van der Waals surface area contributed by atoms with E-state index in [1.165, 1.54) is 0 Å². The van der Waals surface area contributed by atoms with Crippen molar-refractivity contribution in [3.05, 3.63) is 35.1 Å². The van der Waals surface area contributed by atoms with Crippen LogP contribution in [0, 0.1) is 40.1 Å². The van der Waals surface area contributed by atoms with Crippen molar-refractivity contribution in [3.8, 4) is 6.07 Å². The van der Waals surface area contributed by atoms with E-state index in [2.05, 4.69) is 6.07 Å². The van der Waals surface area contributed by atoms with Crippen LogP contribution in [0.3, 0.4) is 0 Å². The van der Waals surface area contributed by atoms with Gasteiger partial charge in [-0.05, 0) is 24.8 Å².